The summed E-state index contributed by atoms with van der Waals surface area (Å²) in [6.07, 6.45) is 2.00. The van der Waals surface area contributed by atoms with Gasteiger partial charge in [-0.15, -0.1) is 0 Å². The van der Waals surface area contributed by atoms with Gasteiger partial charge in [0.25, 0.3) is 0 Å². The summed E-state index contributed by atoms with van der Waals surface area (Å²) < 4.78 is 0. The van der Waals surface area contributed by atoms with Gasteiger partial charge >= 0.3 is 0 Å². The third-order valence-electron chi connectivity index (χ3n) is 5.45. The van der Waals surface area contributed by atoms with Crippen molar-refractivity contribution in [2.45, 2.75) is 47.0 Å². The molecule has 0 atom stereocenters. The Morgan fingerprint density at radius 3 is 2.19 bits per heavy atom. The van der Waals surface area contributed by atoms with Crippen molar-refractivity contribution in [3.05, 3.63) is 58.7 Å². The summed E-state index contributed by atoms with van der Waals surface area (Å²) >= 11 is 0. The van der Waals surface area contributed by atoms with Crippen LogP contribution in [-0.4, -0.2) is 11.8 Å². The summed E-state index contributed by atoms with van der Waals surface area (Å²) in [5, 5.41) is 5.99. The van der Waals surface area contributed by atoms with Gasteiger partial charge in [-0.25, -0.2) is 0 Å². The SMILES string of the molecule is CCc1cccc(C)c1NC(=O)C1(C(=O)Nc2cccc(C)c2C)CC1. The lowest BCUT2D eigenvalue weighted by atomic mass is 10.0. The number of carbonyl (C=O) groups excluding carboxylic acids is 2. The molecule has 0 unspecified atom stereocenters. The van der Waals surface area contributed by atoms with Crippen LogP contribution >= 0.6 is 0 Å². The summed E-state index contributed by atoms with van der Waals surface area (Å²) in [5.74, 6) is -0.417. The van der Waals surface area contributed by atoms with Crippen LogP contribution in [0.3, 0.4) is 0 Å². The number of hydrogen-bond donors (Lipinski definition) is 2. The zero-order valence-electron chi connectivity index (χ0n) is 15.9. The van der Waals surface area contributed by atoms with Crippen LogP contribution in [0.5, 0.6) is 0 Å². The second-order valence-corrected chi connectivity index (χ2v) is 7.20. The molecule has 0 bridgehead atoms. The molecule has 1 fully saturated rings. The minimum absolute atomic E-state index is 0.204. The zero-order chi connectivity index (χ0) is 18.9. The van der Waals surface area contributed by atoms with Gasteiger partial charge in [0.15, 0.2) is 0 Å². The van der Waals surface area contributed by atoms with Crippen molar-refractivity contribution in [1.82, 2.24) is 0 Å². The molecule has 2 aromatic carbocycles. The minimum atomic E-state index is -0.955. The highest BCUT2D eigenvalue weighted by Crippen LogP contribution is 2.48. The Labute approximate surface area is 155 Å². The molecule has 26 heavy (non-hydrogen) atoms. The van der Waals surface area contributed by atoms with E-state index in [2.05, 4.69) is 17.6 Å². The number of amides is 2. The monoisotopic (exact) mass is 350 g/mol. The molecule has 0 heterocycles. The highest BCUT2D eigenvalue weighted by molar-refractivity contribution is 6.17. The van der Waals surface area contributed by atoms with E-state index in [0.29, 0.717) is 12.8 Å². The molecule has 0 spiro atoms. The van der Waals surface area contributed by atoms with E-state index in [1.54, 1.807) is 0 Å². The van der Waals surface area contributed by atoms with E-state index in [9.17, 15) is 9.59 Å². The van der Waals surface area contributed by atoms with E-state index < -0.39 is 5.41 Å². The van der Waals surface area contributed by atoms with E-state index >= 15 is 0 Å². The van der Waals surface area contributed by atoms with Crippen LogP contribution in [0, 0.1) is 26.2 Å². The fraction of sp³-hybridized carbons (Fsp3) is 0.364. The summed E-state index contributed by atoms with van der Waals surface area (Å²) in [5.41, 5.74) is 4.91. The first-order chi connectivity index (χ1) is 12.4. The van der Waals surface area contributed by atoms with Crippen LogP contribution in [0.15, 0.2) is 36.4 Å². The quantitative estimate of drug-likeness (QED) is 0.778. The van der Waals surface area contributed by atoms with Crippen molar-refractivity contribution in [2.24, 2.45) is 5.41 Å². The molecule has 0 radical (unpaired) electrons. The fourth-order valence-corrected chi connectivity index (χ4v) is 3.25. The molecule has 0 aliphatic heterocycles. The number of aryl methyl sites for hydroxylation is 3. The van der Waals surface area contributed by atoms with Gasteiger partial charge in [0.05, 0.1) is 0 Å². The molecule has 1 saturated carbocycles. The molecule has 2 N–H and O–H groups in total. The first-order valence-electron chi connectivity index (χ1n) is 9.16. The summed E-state index contributed by atoms with van der Waals surface area (Å²) in [6.45, 7) is 8.02. The second kappa shape index (κ2) is 6.94. The van der Waals surface area contributed by atoms with Crippen molar-refractivity contribution in [2.75, 3.05) is 10.6 Å². The van der Waals surface area contributed by atoms with Crippen LogP contribution in [0.4, 0.5) is 11.4 Å². The van der Waals surface area contributed by atoms with Crippen molar-refractivity contribution in [3.8, 4) is 0 Å². The van der Waals surface area contributed by atoms with Crippen LogP contribution in [0.25, 0.3) is 0 Å². The van der Waals surface area contributed by atoms with E-state index in [4.69, 9.17) is 0 Å². The van der Waals surface area contributed by atoms with E-state index in [1.165, 1.54) is 0 Å². The molecule has 2 aromatic rings. The minimum Gasteiger partial charge on any atom is -0.325 e. The van der Waals surface area contributed by atoms with E-state index in [0.717, 1.165) is 40.0 Å². The molecule has 4 heteroatoms. The smallest absolute Gasteiger partial charge is 0.240 e. The highest BCUT2D eigenvalue weighted by atomic mass is 16.2. The van der Waals surface area contributed by atoms with E-state index in [-0.39, 0.29) is 11.8 Å². The Bertz CT molecular complexity index is 866. The van der Waals surface area contributed by atoms with Crippen LogP contribution in [0.1, 0.15) is 42.0 Å². The van der Waals surface area contributed by atoms with Gasteiger partial charge in [0.2, 0.25) is 11.8 Å². The maximum atomic E-state index is 12.9. The average molecular weight is 350 g/mol. The highest BCUT2D eigenvalue weighted by Gasteiger charge is 2.56. The number of carbonyl (C=O) groups is 2. The Morgan fingerprint density at radius 2 is 1.54 bits per heavy atom. The lowest BCUT2D eigenvalue weighted by Crippen LogP contribution is -2.36. The molecule has 4 nitrogen and oxygen atoms in total. The van der Waals surface area contributed by atoms with Crippen molar-refractivity contribution >= 4 is 23.2 Å². The largest absolute Gasteiger partial charge is 0.325 e. The third kappa shape index (κ3) is 3.24. The van der Waals surface area contributed by atoms with Crippen LogP contribution in [0.2, 0.25) is 0 Å². The van der Waals surface area contributed by atoms with Gasteiger partial charge in [0, 0.05) is 11.4 Å². The first-order valence-corrected chi connectivity index (χ1v) is 9.16. The number of nitrogens with one attached hydrogen (secondary N) is 2. The predicted octanol–water partition coefficient (Wildman–Crippen LogP) is 4.53. The van der Waals surface area contributed by atoms with Gasteiger partial charge in [0.1, 0.15) is 5.41 Å². The standard InChI is InChI=1S/C22H26N2O2/c1-5-17-10-6-9-15(3)19(17)24-21(26)22(12-13-22)20(25)23-18-11-7-8-14(2)16(18)4/h6-11H,5,12-13H2,1-4H3,(H,23,25)(H,24,26). The van der Waals surface area contributed by atoms with Gasteiger partial charge < -0.3 is 10.6 Å². The van der Waals surface area contributed by atoms with Crippen LogP contribution < -0.4 is 10.6 Å². The summed E-state index contributed by atoms with van der Waals surface area (Å²) in [7, 11) is 0. The molecule has 0 saturated heterocycles. The lowest BCUT2D eigenvalue weighted by molar-refractivity contribution is -0.131. The second-order valence-electron chi connectivity index (χ2n) is 7.20. The molecule has 0 aromatic heterocycles. The van der Waals surface area contributed by atoms with Crippen LogP contribution in [-0.2, 0) is 16.0 Å². The Hall–Kier alpha value is -2.62. The predicted molar refractivity (Wildman–Crippen MR) is 105 cm³/mol. The molecule has 2 amide bonds. The van der Waals surface area contributed by atoms with Crippen molar-refractivity contribution in [3.63, 3.8) is 0 Å². The topological polar surface area (TPSA) is 58.2 Å². The van der Waals surface area contributed by atoms with Gasteiger partial charge in [-0.05, 0) is 68.4 Å². The molecule has 136 valence electrons. The molecular formula is C22H26N2O2. The molecule has 3 rings (SSSR count). The van der Waals surface area contributed by atoms with Gasteiger partial charge in [-0.1, -0.05) is 37.3 Å². The fourth-order valence-electron chi connectivity index (χ4n) is 3.25. The van der Waals surface area contributed by atoms with Crippen molar-refractivity contribution < 1.29 is 9.59 Å². The first kappa shape index (κ1) is 18.2. The lowest BCUT2D eigenvalue weighted by Gasteiger charge is -2.19. The van der Waals surface area contributed by atoms with Gasteiger partial charge in [-0.2, -0.15) is 0 Å². The van der Waals surface area contributed by atoms with E-state index in [1.807, 2.05) is 57.2 Å². The number of rotatable bonds is 5. The Balaban J connectivity index is 1.79. The normalized spacial score (nSPS) is 14.6. The number of benzene rings is 2. The Morgan fingerprint density at radius 1 is 0.923 bits per heavy atom. The van der Waals surface area contributed by atoms with Gasteiger partial charge in [-0.3, -0.25) is 9.59 Å². The summed E-state index contributed by atoms with van der Waals surface area (Å²) in [4.78, 5) is 25.8. The molecule has 1 aliphatic rings. The average Bonchev–Trinajstić information content (AvgIpc) is 3.42. The Kier molecular flexibility index (Phi) is 4.86. The summed E-state index contributed by atoms with van der Waals surface area (Å²) in [6, 6.07) is 11.8. The number of para-hydroxylation sites is 1. The maximum Gasteiger partial charge on any atom is 0.240 e. The maximum absolute atomic E-state index is 12.9. The molecular weight excluding hydrogens is 324 g/mol. The zero-order valence-corrected chi connectivity index (χ0v) is 15.9. The number of anilines is 2. The third-order valence-corrected chi connectivity index (χ3v) is 5.45. The molecule has 1 aliphatic carbocycles. The van der Waals surface area contributed by atoms with Crippen molar-refractivity contribution in [1.29, 1.82) is 0 Å². The number of hydrogen-bond acceptors (Lipinski definition) is 2.